The van der Waals surface area contributed by atoms with Gasteiger partial charge >= 0.3 is 50.8 Å². The molecule has 2 aliphatic heterocycles. The highest BCUT2D eigenvalue weighted by Crippen LogP contribution is 2.46. The number of aliphatic hydroxyl groups is 2. The molecule has 2 aromatic heterocycles. The summed E-state index contributed by atoms with van der Waals surface area (Å²) < 4.78 is 115. The lowest BCUT2D eigenvalue weighted by atomic mass is 9.99. The molecule has 2 aromatic rings. The standard InChI is InChI=1S/C48H66F4N8O25P2S2/c1-3-26(41(69)53-12-6-37(65)80-21-35(63)55-33-8-14-59(45(71)57-33)43-47(49,50)39(67)29(84-43)19-82-86(73,74)75)23-88-31-4-5-32(31)89-24-27(18-28(62)11-17-79-16-10-25(2)61)42(70)54-13-7-38(66)81-22-36(64)56-34-9-15-60(46(72)58-34)44-48(51,52)40(68)30(85-44)20-83-87(76,77)78/h8-9,14-15,26-27,29-32,39-40,43-44,67-68H,3-7,10-13,16-24H2,1-2H3,(H,53,69)(H,54,70)(H2,73,74,75)(H2,76,77,78)(H,55,57,63,71)(H,56,58,64,72)/t26?,27?,29-,30-,31?,32?,39-,40-,43?,44-/m1/s1. The number of amides is 4. The number of Topliss-reactive ketones (excluding diaryl/α,β-unsaturated/α-hetero) is 2. The van der Waals surface area contributed by atoms with E-state index < -0.39 is 162 Å². The van der Waals surface area contributed by atoms with Gasteiger partial charge in [-0.3, -0.25) is 56.5 Å². The molecule has 3 fully saturated rings. The highest BCUT2D eigenvalue weighted by atomic mass is 32.2. The number of alkyl halides is 4. The number of hydrogen-bond acceptors (Lipinski definition) is 25. The first-order valence-corrected chi connectivity index (χ1v) is 32.1. The Bertz CT molecular complexity index is 3070. The fourth-order valence-electron chi connectivity index (χ4n) is 8.32. The number of esters is 2. The molecule has 0 aromatic carbocycles. The van der Waals surface area contributed by atoms with E-state index in [0.717, 1.165) is 37.4 Å². The Hall–Kier alpha value is -5.64. The van der Waals surface area contributed by atoms with Gasteiger partial charge in [-0.15, -0.1) is 0 Å². The number of aromatic nitrogens is 4. The summed E-state index contributed by atoms with van der Waals surface area (Å²) >= 11 is 2.98. The Kier molecular flexibility index (Phi) is 28.0. The van der Waals surface area contributed by atoms with Crippen LogP contribution in [-0.2, 0) is 80.2 Å². The molecule has 498 valence electrons. The molecular weight excluding hydrogens is 1290 g/mol. The van der Waals surface area contributed by atoms with Crippen molar-refractivity contribution in [2.45, 2.75) is 124 Å². The van der Waals surface area contributed by atoms with Gasteiger partial charge in [-0.1, -0.05) is 6.92 Å². The highest BCUT2D eigenvalue weighted by molar-refractivity contribution is 8.04. The third kappa shape index (κ3) is 23.2. The van der Waals surface area contributed by atoms with E-state index in [9.17, 15) is 84.9 Å². The number of phosphoric ester groups is 2. The van der Waals surface area contributed by atoms with E-state index in [1.54, 1.807) is 6.92 Å². The SMILES string of the molecule is CCC(CSC1CCC1SCC(CC(=O)CCOCCC(C)=O)C(=O)NCCC(=O)OCC(=O)Nc1ccn([C@@H]2O[C@H](COP(=O)(O)O)[C@@H](O)C2(F)F)c(=O)n1)C(=O)NCCC(=O)OCC(=O)Nc1ccn(C2O[C@H](COP(=O)(O)O)[C@@H](O)C2(F)F)c(=O)n1. The van der Waals surface area contributed by atoms with Gasteiger partial charge in [-0.25, -0.2) is 18.7 Å². The molecule has 0 bridgehead atoms. The molecule has 4 amide bonds. The van der Waals surface area contributed by atoms with Gasteiger partial charge in [0, 0.05) is 72.7 Å². The third-order valence-corrected chi connectivity index (χ3v) is 17.6. The molecule has 1 aliphatic carbocycles. The van der Waals surface area contributed by atoms with Gasteiger partial charge in [0.2, 0.25) is 24.3 Å². The molecule has 5 unspecified atom stereocenters. The third-order valence-electron chi connectivity index (χ3n) is 13.3. The van der Waals surface area contributed by atoms with Gasteiger partial charge < -0.3 is 74.7 Å². The molecule has 41 heteroatoms. The summed E-state index contributed by atoms with van der Waals surface area (Å²) in [6.07, 6.45) is -11.6. The summed E-state index contributed by atoms with van der Waals surface area (Å²) in [6, 6.07) is 1.80. The number of aliphatic hydroxyl groups excluding tert-OH is 2. The van der Waals surface area contributed by atoms with Crippen molar-refractivity contribution >= 4 is 97.9 Å². The van der Waals surface area contributed by atoms with Crippen molar-refractivity contribution in [1.29, 1.82) is 0 Å². The maximum atomic E-state index is 14.8. The molecule has 4 heterocycles. The van der Waals surface area contributed by atoms with Crippen molar-refractivity contribution in [3.05, 3.63) is 45.5 Å². The van der Waals surface area contributed by atoms with E-state index in [-0.39, 0.29) is 94.8 Å². The number of ketones is 2. The monoisotopic (exact) mass is 1360 g/mol. The van der Waals surface area contributed by atoms with Crippen molar-refractivity contribution < 1.29 is 128 Å². The van der Waals surface area contributed by atoms with Crippen molar-refractivity contribution in [2.24, 2.45) is 11.8 Å². The smallest absolute Gasteiger partial charge is 0.456 e. The summed E-state index contributed by atoms with van der Waals surface area (Å²) in [5, 5.41) is 29.5. The first-order chi connectivity index (χ1) is 41.7. The number of ether oxygens (including phenoxy) is 5. The normalized spacial score (nSPS) is 22.7. The molecule has 0 spiro atoms. The Morgan fingerprint density at radius 3 is 1.49 bits per heavy atom. The van der Waals surface area contributed by atoms with Crippen LogP contribution in [0.1, 0.15) is 77.7 Å². The summed E-state index contributed by atoms with van der Waals surface area (Å²) in [5.74, 6) is -15.3. The van der Waals surface area contributed by atoms with Gasteiger partial charge in [-0.05, 0) is 38.3 Å². The number of thioether (sulfide) groups is 2. The van der Waals surface area contributed by atoms with Crippen LogP contribution in [0.4, 0.5) is 29.2 Å². The van der Waals surface area contributed by atoms with E-state index in [1.807, 2.05) is 0 Å². The lowest BCUT2D eigenvalue weighted by molar-refractivity contribution is -0.147. The van der Waals surface area contributed by atoms with E-state index in [2.05, 4.69) is 40.3 Å². The summed E-state index contributed by atoms with van der Waals surface area (Å²) in [4.78, 5) is 168. The summed E-state index contributed by atoms with van der Waals surface area (Å²) in [5.41, 5.74) is -2.80. The van der Waals surface area contributed by atoms with E-state index in [4.69, 9.17) is 43.3 Å². The van der Waals surface area contributed by atoms with Crippen LogP contribution in [-0.4, -0.2) is 207 Å². The minimum absolute atomic E-state index is 0.00479. The number of carbonyl (C=O) groups excluding carboxylic acids is 8. The Balaban J connectivity index is 1.02. The number of nitrogens with one attached hydrogen (secondary N) is 4. The Morgan fingerprint density at radius 1 is 0.685 bits per heavy atom. The van der Waals surface area contributed by atoms with Crippen molar-refractivity contribution in [3.63, 3.8) is 0 Å². The van der Waals surface area contributed by atoms with Gasteiger partial charge in [-0.2, -0.15) is 51.1 Å². The van der Waals surface area contributed by atoms with Gasteiger partial charge in [0.1, 0.15) is 35.4 Å². The lowest BCUT2D eigenvalue weighted by Gasteiger charge is -2.37. The second-order valence-corrected chi connectivity index (χ2v) is 25.1. The number of rotatable bonds is 37. The van der Waals surface area contributed by atoms with Crippen molar-refractivity contribution in [3.8, 4) is 0 Å². The lowest BCUT2D eigenvalue weighted by Crippen LogP contribution is -2.42. The van der Waals surface area contributed by atoms with Crippen molar-refractivity contribution in [2.75, 3.05) is 74.9 Å². The van der Waals surface area contributed by atoms with Crippen LogP contribution >= 0.6 is 39.2 Å². The Labute approximate surface area is 510 Å². The molecule has 0 radical (unpaired) electrons. The first-order valence-electron chi connectivity index (χ1n) is 27.0. The number of carbonyl (C=O) groups is 8. The summed E-state index contributed by atoms with van der Waals surface area (Å²) in [6.45, 7) is -1.26. The zero-order chi connectivity index (χ0) is 66.0. The molecular formula is C48H66F4N8O25P2S2. The second-order valence-electron chi connectivity index (χ2n) is 20.1. The van der Waals surface area contributed by atoms with Gasteiger partial charge in [0.15, 0.2) is 25.4 Å². The van der Waals surface area contributed by atoms with Crippen LogP contribution < -0.4 is 32.6 Å². The van der Waals surface area contributed by atoms with E-state index >= 15 is 0 Å². The predicted molar refractivity (Wildman–Crippen MR) is 296 cm³/mol. The average molecular weight is 1360 g/mol. The van der Waals surface area contributed by atoms with Crippen LogP contribution in [0.3, 0.4) is 0 Å². The molecule has 10 N–H and O–H groups in total. The fraction of sp³-hybridized carbons (Fsp3) is 0.667. The van der Waals surface area contributed by atoms with E-state index in [1.165, 1.54) is 30.4 Å². The number of halogens is 4. The number of nitrogens with zero attached hydrogens (tertiary/aromatic N) is 4. The number of hydrogen-bond donors (Lipinski definition) is 10. The van der Waals surface area contributed by atoms with Crippen molar-refractivity contribution in [1.82, 2.24) is 29.7 Å². The predicted octanol–water partition coefficient (Wildman–Crippen LogP) is -0.533. The zero-order valence-corrected chi connectivity index (χ0v) is 50.7. The van der Waals surface area contributed by atoms with Crippen LogP contribution in [0.15, 0.2) is 34.1 Å². The zero-order valence-electron chi connectivity index (χ0n) is 47.3. The molecule has 1 saturated carbocycles. The fourth-order valence-corrected chi connectivity index (χ4v) is 12.4. The quantitative estimate of drug-likeness (QED) is 0.0176. The summed E-state index contributed by atoms with van der Waals surface area (Å²) in [7, 11) is -10.3. The largest absolute Gasteiger partial charge is 0.469 e. The minimum atomic E-state index is -5.14. The van der Waals surface area contributed by atoms with Gasteiger partial charge in [0.05, 0.1) is 45.2 Å². The molecule has 5 rings (SSSR count). The van der Waals surface area contributed by atoms with Crippen LogP contribution in [0.25, 0.3) is 0 Å². The maximum Gasteiger partial charge on any atom is 0.469 e. The first kappa shape index (κ1) is 74.1. The van der Waals surface area contributed by atoms with E-state index in [0.29, 0.717) is 12.2 Å². The Morgan fingerprint density at radius 2 is 1.10 bits per heavy atom. The highest BCUT2D eigenvalue weighted by Gasteiger charge is 2.61. The van der Waals surface area contributed by atoms with Crippen LogP contribution in [0, 0.1) is 11.8 Å². The number of phosphoric acid groups is 2. The second kappa shape index (κ2) is 33.6. The molecule has 89 heavy (non-hydrogen) atoms. The average Bonchev–Trinajstić information content (AvgIpc) is 1.81. The number of anilines is 2. The molecule has 33 nitrogen and oxygen atoms in total. The molecule has 2 saturated heterocycles. The van der Waals surface area contributed by atoms with Crippen LogP contribution in [0.5, 0.6) is 0 Å². The molecule has 3 aliphatic rings. The van der Waals surface area contributed by atoms with Crippen LogP contribution in [0.2, 0.25) is 0 Å². The molecule has 10 atom stereocenters. The topological polar surface area (TPSA) is 475 Å². The minimum Gasteiger partial charge on any atom is -0.456 e. The van der Waals surface area contributed by atoms with Gasteiger partial charge in [0.25, 0.3) is 11.8 Å². The maximum absolute atomic E-state index is 14.8.